The van der Waals surface area contributed by atoms with Crippen LogP contribution in [-0.2, 0) is 0 Å². The lowest BCUT2D eigenvalue weighted by atomic mass is 10.1. The van der Waals surface area contributed by atoms with Gasteiger partial charge < -0.3 is 0 Å². The molecule has 0 bridgehead atoms. The van der Waals surface area contributed by atoms with Crippen LogP contribution in [0.25, 0.3) is 0 Å². The molecule has 1 nitrogen and oxygen atoms in total. The van der Waals surface area contributed by atoms with Crippen molar-refractivity contribution in [2.24, 2.45) is 4.99 Å². The number of rotatable bonds is 9. The first-order chi connectivity index (χ1) is 7.74. The van der Waals surface area contributed by atoms with Crippen molar-refractivity contribution in [3.8, 4) is 0 Å². The van der Waals surface area contributed by atoms with Gasteiger partial charge >= 0.3 is 0 Å². The first-order valence-corrected chi connectivity index (χ1v) is 6.22. The molecule has 0 heterocycles. The standard InChI is InChI=1S/C15H25N/c1-5-8-9-10-11-12-15(7-3)16-13-14(4)6-2/h6-7,13H,2-3,5,8-12H2,1,4H3/b14-13-,16-15+. The first kappa shape index (κ1) is 14.9. The van der Waals surface area contributed by atoms with Gasteiger partial charge in [-0.15, -0.1) is 0 Å². The molecule has 0 fully saturated rings. The summed E-state index contributed by atoms with van der Waals surface area (Å²) in [6.45, 7) is 11.7. The highest BCUT2D eigenvalue weighted by molar-refractivity contribution is 5.94. The quantitative estimate of drug-likeness (QED) is 0.292. The van der Waals surface area contributed by atoms with Crippen LogP contribution >= 0.6 is 0 Å². The maximum atomic E-state index is 4.40. The van der Waals surface area contributed by atoms with Crippen LogP contribution in [0, 0.1) is 0 Å². The highest BCUT2D eigenvalue weighted by Crippen LogP contribution is 2.07. The third-order valence-corrected chi connectivity index (χ3v) is 2.53. The zero-order valence-corrected chi connectivity index (χ0v) is 10.8. The lowest BCUT2D eigenvalue weighted by Crippen LogP contribution is -1.92. The van der Waals surface area contributed by atoms with E-state index >= 15 is 0 Å². The van der Waals surface area contributed by atoms with Crippen molar-refractivity contribution in [2.75, 3.05) is 0 Å². The maximum Gasteiger partial charge on any atom is 0.0397 e. The average molecular weight is 219 g/mol. The number of allylic oxidation sites excluding steroid dienone is 3. The second-order valence-electron chi connectivity index (χ2n) is 4.07. The van der Waals surface area contributed by atoms with Crippen molar-refractivity contribution in [2.45, 2.75) is 52.4 Å². The number of unbranched alkanes of at least 4 members (excludes halogenated alkanes) is 4. The summed E-state index contributed by atoms with van der Waals surface area (Å²) in [7, 11) is 0. The van der Waals surface area contributed by atoms with Gasteiger partial charge in [0, 0.05) is 11.9 Å². The summed E-state index contributed by atoms with van der Waals surface area (Å²) in [5.41, 5.74) is 2.17. The molecule has 90 valence electrons. The van der Waals surface area contributed by atoms with Gasteiger partial charge in [0.1, 0.15) is 0 Å². The summed E-state index contributed by atoms with van der Waals surface area (Å²) in [5.74, 6) is 0. The van der Waals surface area contributed by atoms with Gasteiger partial charge in [0.25, 0.3) is 0 Å². The normalized spacial score (nSPS) is 12.6. The fraction of sp³-hybridized carbons (Fsp3) is 0.533. The molecule has 0 aliphatic heterocycles. The average Bonchev–Trinajstić information content (AvgIpc) is 2.32. The Bertz CT molecular complexity index is 259. The molecule has 0 aliphatic carbocycles. The summed E-state index contributed by atoms with van der Waals surface area (Å²) >= 11 is 0. The molecule has 0 atom stereocenters. The van der Waals surface area contributed by atoms with Crippen molar-refractivity contribution in [3.05, 3.63) is 37.1 Å². The van der Waals surface area contributed by atoms with E-state index in [0.717, 1.165) is 17.7 Å². The molecule has 0 radical (unpaired) electrons. The third-order valence-electron chi connectivity index (χ3n) is 2.53. The second-order valence-corrected chi connectivity index (χ2v) is 4.07. The Morgan fingerprint density at radius 3 is 2.31 bits per heavy atom. The third kappa shape index (κ3) is 8.22. The van der Waals surface area contributed by atoms with Crippen molar-refractivity contribution >= 4 is 5.71 Å². The van der Waals surface area contributed by atoms with E-state index in [-0.39, 0.29) is 0 Å². The lowest BCUT2D eigenvalue weighted by molar-refractivity contribution is 0.643. The van der Waals surface area contributed by atoms with Crippen LogP contribution in [-0.4, -0.2) is 5.71 Å². The minimum atomic E-state index is 1.04. The molecule has 16 heavy (non-hydrogen) atoms. The number of hydrogen-bond donors (Lipinski definition) is 0. The summed E-state index contributed by atoms with van der Waals surface area (Å²) in [6.07, 6.45) is 13.0. The number of nitrogens with zero attached hydrogens (tertiary/aromatic N) is 1. The maximum absolute atomic E-state index is 4.40. The molecule has 0 aromatic carbocycles. The van der Waals surface area contributed by atoms with Crippen LogP contribution in [0.5, 0.6) is 0 Å². The molecule has 0 saturated heterocycles. The van der Waals surface area contributed by atoms with E-state index in [1.165, 1.54) is 32.1 Å². The largest absolute Gasteiger partial charge is 0.261 e. The van der Waals surface area contributed by atoms with Crippen LogP contribution in [0.3, 0.4) is 0 Å². The highest BCUT2D eigenvalue weighted by Gasteiger charge is 1.94. The van der Waals surface area contributed by atoms with E-state index in [9.17, 15) is 0 Å². The summed E-state index contributed by atoms with van der Waals surface area (Å²) in [4.78, 5) is 4.40. The topological polar surface area (TPSA) is 12.4 Å². The Morgan fingerprint density at radius 2 is 1.75 bits per heavy atom. The molecule has 0 unspecified atom stereocenters. The van der Waals surface area contributed by atoms with E-state index in [1.807, 2.05) is 25.3 Å². The zero-order valence-electron chi connectivity index (χ0n) is 10.8. The molecule has 0 aromatic heterocycles. The van der Waals surface area contributed by atoms with E-state index in [0.29, 0.717) is 0 Å². The summed E-state index contributed by atoms with van der Waals surface area (Å²) < 4.78 is 0. The zero-order chi connectivity index (χ0) is 12.2. The van der Waals surface area contributed by atoms with Crippen molar-refractivity contribution in [1.82, 2.24) is 0 Å². The van der Waals surface area contributed by atoms with Crippen LogP contribution < -0.4 is 0 Å². The van der Waals surface area contributed by atoms with E-state index < -0.39 is 0 Å². The van der Waals surface area contributed by atoms with E-state index in [4.69, 9.17) is 0 Å². The Balaban J connectivity index is 3.91. The fourth-order valence-corrected chi connectivity index (χ4v) is 1.37. The van der Waals surface area contributed by atoms with Gasteiger partial charge in [-0.25, -0.2) is 0 Å². The molecule has 0 spiro atoms. The lowest BCUT2D eigenvalue weighted by Gasteiger charge is -2.00. The molecule has 0 rings (SSSR count). The Hall–Kier alpha value is -1.11. The van der Waals surface area contributed by atoms with Crippen LogP contribution in [0.1, 0.15) is 52.4 Å². The Labute approximate surface area is 101 Å². The molecule has 0 aromatic rings. The Morgan fingerprint density at radius 1 is 1.06 bits per heavy atom. The van der Waals surface area contributed by atoms with E-state index in [2.05, 4.69) is 25.1 Å². The van der Waals surface area contributed by atoms with Gasteiger partial charge in [-0.2, -0.15) is 0 Å². The van der Waals surface area contributed by atoms with Gasteiger partial charge in [-0.3, -0.25) is 4.99 Å². The SMILES string of the molecule is C=C/C(C)=C\N=C(/C=C)CCCCCCC. The van der Waals surface area contributed by atoms with Crippen molar-refractivity contribution < 1.29 is 0 Å². The first-order valence-electron chi connectivity index (χ1n) is 6.22. The molecule has 0 aliphatic rings. The van der Waals surface area contributed by atoms with Crippen molar-refractivity contribution in [3.63, 3.8) is 0 Å². The molecule has 1 heteroatoms. The Kier molecular flexibility index (Phi) is 9.69. The van der Waals surface area contributed by atoms with Crippen LogP contribution in [0.15, 0.2) is 42.1 Å². The smallest absolute Gasteiger partial charge is 0.0397 e. The molecule has 0 saturated carbocycles. The van der Waals surface area contributed by atoms with Crippen LogP contribution in [0.2, 0.25) is 0 Å². The van der Waals surface area contributed by atoms with Gasteiger partial charge in [-0.05, 0) is 31.4 Å². The van der Waals surface area contributed by atoms with Gasteiger partial charge in [-0.1, -0.05) is 51.8 Å². The molecule has 0 N–H and O–H groups in total. The minimum absolute atomic E-state index is 1.04. The number of aliphatic imine (C=N–C) groups is 1. The summed E-state index contributed by atoms with van der Waals surface area (Å²) in [5, 5.41) is 0. The van der Waals surface area contributed by atoms with Gasteiger partial charge in [0.15, 0.2) is 0 Å². The van der Waals surface area contributed by atoms with Crippen molar-refractivity contribution in [1.29, 1.82) is 0 Å². The molecular weight excluding hydrogens is 194 g/mol. The fourth-order valence-electron chi connectivity index (χ4n) is 1.37. The summed E-state index contributed by atoms with van der Waals surface area (Å²) in [6, 6.07) is 0. The predicted molar refractivity (Wildman–Crippen MR) is 75.0 cm³/mol. The monoisotopic (exact) mass is 219 g/mol. The second kappa shape index (κ2) is 10.4. The molecular formula is C15H25N. The van der Waals surface area contributed by atoms with Crippen LogP contribution in [0.4, 0.5) is 0 Å². The number of hydrogen-bond acceptors (Lipinski definition) is 1. The van der Waals surface area contributed by atoms with Gasteiger partial charge in [0.2, 0.25) is 0 Å². The van der Waals surface area contributed by atoms with E-state index in [1.54, 1.807) is 0 Å². The van der Waals surface area contributed by atoms with Gasteiger partial charge in [0.05, 0.1) is 0 Å². The minimum Gasteiger partial charge on any atom is -0.261 e. The predicted octanol–water partition coefficient (Wildman–Crippen LogP) is 5.06. The molecule has 0 amide bonds. The highest BCUT2D eigenvalue weighted by atomic mass is 14.7.